The Hall–Kier alpha value is -3.39. The minimum absolute atomic E-state index is 0.0367. The van der Waals surface area contributed by atoms with E-state index in [-0.39, 0.29) is 5.56 Å². The van der Waals surface area contributed by atoms with E-state index in [1.165, 1.54) is 12.1 Å². The lowest BCUT2D eigenvalue weighted by molar-refractivity contribution is 0.0854. The summed E-state index contributed by atoms with van der Waals surface area (Å²) in [6, 6.07) is 19.5. The van der Waals surface area contributed by atoms with Crippen molar-refractivity contribution in [3.63, 3.8) is 0 Å². The summed E-state index contributed by atoms with van der Waals surface area (Å²) in [6.45, 7) is 1.48. The Morgan fingerprint density at radius 1 is 1.09 bits per heavy atom. The van der Waals surface area contributed by atoms with Crippen LogP contribution in [-0.2, 0) is 19.4 Å². The van der Waals surface area contributed by atoms with Crippen LogP contribution in [0.15, 0.2) is 78.3 Å². The average molecular weight is 488 g/mol. The van der Waals surface area contributed by atoms with Crippen LogP contribution < -0.4 is 10.6 Å². The fourth-order valence-electron chi connectivity index (χ4n) is 4.49. The van der Waals surface area contributed by atoms with E-state index >= 15 is 0 Å². The van der Waals surface area contributed by atoms with E-state index in [0.29, 0.717) is 18.5 Å². The molecule has 0 bridgehead atoms. The molecule has 5 nitrogen and oxygen atoms in total. The molecule has 178 valence electrons. The van der Waals surface area contributed by atoms with Gasteiger partial charge in [0.1, 0.15) is 5.82 Å². The van der Waals surface area contributed by atoms with Crippen LogP contribution >= 0.6 is 11.3 Å². The number of rotatable bonds is 8. The minimum Gasteiger partial charge on any atom is -0.390 e. The Morgan fingerprint density at radius 3 is 2.71 bits per heavy atom. The van der Waals surface area contributed by atoms with Crippen molar-refractivity contribution < 1.29 is 14.3 Å². The Bertz CT molecular complexity index is 1310. The zero-order valence-electron chi connectivity index (χ0n) is 19.1. The van der Waals surface area contributed by atoms with Crippen LogP contribution in [0.4, 0.5) is 4.39 Å². The lowest BCUT2D eigenvalue weighted by Crippen LogP contribution is -2.34. The van der Waals surface area contributed by atoms with E-state index in [1.807, 2.05) is 60.1 Å². The van der Waals surface area contributed by atoms with Crippen LogP contribution in [0.2, 0.25) is 0 Å². The predicted molar refractivity (Wildman–Crippen MR) is 136 cm³/mol. The van der Waals surface area contributed by atoms with Crippen LogP contribution in [0.1, 0.15) is 38.1 Å². The molecule has 35 heavy (non-hydrogen) atoms. The van der Waals surface area contributed by atoms with Crippen molar-refractivity contribution in [1.29, 1.82) is 0 Å². The fraction of sp³-hybridized carbons (Fsp3) is 0.214. The number of benzene rings is 3. The largest absolute Gasteiger partial charge is 0.390 e. The molecule has 2 atom stereocenters. The normalized spacial score (nSPS) is 16.7. The molecular formula is C28H26FN3O2S. The van der Waals surface area contributed by atoms with Gasteiger partial charge in [0.25, 0.3) is 5.91 Å². The molecule has 0 aliphatic heterocycles. The first-order valence-corrected chi connectivity index (χ1v) is 12.5. The van der Waals surface area contributed by atoms with Crippen molar-refractivity contribution in [2.24, 2.45) is 0 Å². The molecule has 0 unspecified atom stereocenters. The molecule has 0 fully saturated rings. The summed E-state index contributed by atoms with van der Waals surface area (Å²) in [6.07, 6.45) is 2.37. The lowest BCUT2D eigenvalue weighted by Gasteiger charge is -2.19. The van der Waals surface area contributed by atoms with Crippen LogP contribution in [0, 0.1) is 5.82 Å². The summed E-state index contributed by atoms with van der Waals surface area (Å²) in [5.74, 6) is -1.12. The average Bonchev–Trinajstić information content (AvgIpc) is 3.50. The quantitative estimate of drug-likeness (QED) is 0.316. The topological polar surface area (TPSA) is 74.2 Å². The number of carbonyl (C=O) groups excluding carboxylic acids is 1. The zero-order chi connectivity index (χ0) is 24.2. The molecular weight excluding hydrogens is 461 g/mol. The van der Waals surface area contributed by atoms with E-state index in [4.69, 9.17) is 0 Å². The highest BCUT2D eigenvalue weighted by Crippen LogP contribution is 2.33. The molecule has 3 N–H and O–H groups in total. The number of hydrogen-bond acceptors (Lipinski definition) is 5. The number of hydrogen-bond donors (Lipinski definition) is 3. The van der Waals surface area contributed by atoms with Crippen LogP contribution in [0.25, 0.3) is 11.1 Å². The summed E-state index contributed by atoms with van der Waals surface area (Å²) in [5, 5.41) is 20.0. The van der Waals surface area contributed by atoms with Gasteiger partial charge in [0, 0.05) is 37.5 Å². The van der Waals surface area contributed by atoms with Gasteiger partial charge in [-0.25, -0.2) is 9.37 Å². The van der Waals surface area contributed by atoms with E-state index in [9.17, 15) is 14.3 Å². The second kappa shape index (κ2) is 10.5. The van der Waals surface area contributed by atoms with Crippen LogP contribution in [0.5, 0.6) is 0 Å². The maximum atomic E-state index is 14.9. The molecule has 1 aliphatic carbocycles. The van der Waals surface area contributed by atoms with E-state index in [0.717, 1.165) is 40.2 Å². The summed E-state index contributed by atoms with van der Waals surface area (Å²) >= 11 is 1.64. The van der Waals surface area contributed by atoms with Gasteiger partial charge in [-0.3, -0.25) is 4.79 Å². The number of nitrogens with zero attached hydrogens (tertiary/aromatic N) is 1. The van der Waals surface area contributed by atoms with Gasteiger partial charge in [-0.05, 0) is 39.9 Å². The third kappa shape index (κ3) is 5.32. The summed E-state index contributed by atoms with van der Waals surface area (Å²) < 4.78 is 14.9. The molecule has 1 heterocycles. The number of fused-ring (bicyclic) bond motifs is 1. The van der Waals surface area contributed by atoms with Crippen LogP contribution in [0.3, 0.4) is 0 Å². The number of thiazole rings is 1. The molecule has 1 amide bonds. The fourth-order valence-corrected chi connectivity index (χ4v) is 5.11. The SMILES string of the molecule is O=C(N[C@@H]1c2cc(CNCCc3nccs3)ccc2C[C@H]1O)c1ccc(-c2ccccc2)cc1F. The molecule has 0 saturated carbocycles. The van der Waals surface area contributed by atoms with Gasteiger partial charge >= 0.3 is 0 Å². The van der Waals surface area contributed by atoms with Gasteiger partial charge < -0.3 is 15.7 Å². The number of amides is 1. The highest BCUT2D eigenvalue weighted by Gasteiger charge is 2.33. The Kier molecular flexibility index (Phi) is 6.99. The zero-order valence-corrected chi connectivity index (χ0v) is 19.9. The molecule has 1 aromatic heterocycles. The standard InChI is InChI=1S/C28H26FN3O2S/c29-24-15-20(19-4-2-1-3-5-19)8-9-22(24)28(34)32-27-23-14-18(6-7-21(23)16-25(27)33)17-30-11-10-26-31-12-13-35-26/h1-9,12-15,25,27,30,33H,10-11,16-17H2,(H,32,34)/t25-,27-/m1/s1. The second-order valence-corrected chi connectivity index (χ2v) is 9.65. The number of aromatic nitrogens is 1. The Labute approximate surface area is 207 Å². The molecule has 1 aliphatic rings. The predicted octanol–water partition coefficient (Wildman–Crippen LogP) is 4.67. The highest BCUT2D eigenvalue weighted by molar-refractivity contribution is 7.09. The first-order valence-electron chi connectivity index (χ1n) is 11.6. The third-order valence-electron chi connectivity index (χ3n) is 6.29. The smallest absolute Gasteiger partial charge is 0.254 e. The Morgan fingerprint density at radius 2 is 1.94 bits per heavy atom. The second-order valence-electron chi connectivity index (χ2n) is 8.67. The monoisotopic (exact) mass is 487 g/mol. The van der Waals surface area contributed by atoms with Crippen molar-refractivity contribution in [3.05, 3.63) is 111 Å². The molecule has 3 aromatic carbocycles. The molecule has 7 heteroatoms. The van der Waals surface area contributed by atoms with Gasteiger partial charge in [-0.15, -0.1) is 11.3 Å². The number of halogens is 1. The molecule has 5 rings (SSSR count). The number of aliphatic hydroxyl groups excluding tert-OH is 1. The third-order valence-corrected chi connectivity index (χ3v) is 7.13. The lowest BCUT2D eigenvalue weighted by atomic mass is 10.0. The minimum atomic E-state index is -0.756. The summed E-state index contributed by atoms with van der Waals surface area (Å²) in [7, 11) is 0. The van der Waals surface area contributed by atoms with Crippen molar-refractivity contribution in [3.8, 4) is 11.1 Å². The summed E-state index contributed by atoms with van der Waals surface area (Å²) in [5.41, 5.74) is 4.49. The molecule has 0 spiro atoms. The van der Waals surface area contributed by atoms with E-state index in [1.54, 1.807) is 17.4 Å². The maximum Gasteiger partial charge on any atom is 0.254 e. The summed E-state index contributed by atoms with van der Waals surface area (Å²) in [4.78, 5) is 17.2. The Balaban J connectivity index is 1.26. The van der Waals surface area contributed by atoms with Crippen molar-refractivity contribution in [2.45, 2.75) is 31.5 Å². The first kappa shape index (κ1) is 23.4. The van der Waals surface area contributed by atoms with Crippen molar-refractivity contribution >= 4 is 17.2 Å². The molecule has 0 radical (unpaired) electrons. The van der Waals surface area contributed by atoms with Gasteiger partial charge in [0.2, 0.25) is 0 Å². The number of nitrogens with one attached hydrogen (secondary N) is 2. The molecule has 0 saturated heterocycles. The van der Waals surface area contributed by atoms with Gasteiger partial charge in [0.15, 0.2) is 0 Å². The van der Waals surface area contributed by atoms with Crippen molar-refractivity contribution in [2.75, 3.05) is 6.54 Å². The van der Waals surface area contributed by atoms with Crippen molar-refractivity contribution in [1.82, 2.24) is 15.6 Å². The molecule has 4 aromatic rings. The number of carbonyl (C=O) groups is 1. The van der Waals surface area contributed by atoms with E-state index in [2.05, 4.69) is 15.6 Å². The van der Waals surface area contributed by atoms with Gasteiger partial charge in [-0.2, -0.15) is 0 Å². The maximum absolute atomic E-state index is 14.9. The number of aliphatic hydroxyl groups is 1. The van der Waals surface area contributed by atoms with Crippen LogP contribution in [-0.4, -0.2) is 28.6 Å². The highest BCUT2D eigenvalue weighted by atomic mass is 32.1. The van der Waals surface area contributed by atoms with E-state index < -0.39 is 23.9 Å². The first-order chi connectivity index (χ1) is 17.1. The van der Waals surface area contributed by atoms with Gasteiger partial charge in [-0.1, -0.05) is 54.6 Å². The van der Waals surface area contributed by atoms with Gasteiger partial charge in [0.05, 0.1) is 22.7 Å².